The molecule has 0 heterocycles. The van der Waals surface area contributed by atoms with E-state index in [0.717, 1.165) is 15.6 Å². The fourth-order valence-corrected chi connectivity index (χ4v) is 2.95. The summed E-state index contributed by atoms with van der Waals surface area (Å²) in [6.07, 6.45) is 0.792. The van der Waals surface area contributed by atoms with E-state index < -0.39 is 6.04 Å². The zero-order chi connectivity index (χ0) is 21.4. The van der Waals surface area contributed by atoms with Crippen LogP contribution < -0.4 is 10.1 Å². The first-order chi connectivity index (χ1) is 13.8. The lowest BCUT2D eigenvalue weighted by molar-refractivity contribution is -0.142. The molecular formula is C22H26FIN2O3. The minimum absolute atomic E-state index is 0.00997. The average molecular weight is 512 g/mol. The molecule has 0 aromatic heterocycles. The number of ether oxygens (including phenoxy) is 1. The molecule has 7 heteroatoms. The van der Waals surface area contributed by atoms with E-state index in [1.54, 1.807) is 31.2 Å². The summed E-state index contributed by atoms with van der Waals surface area (Å²) < 4.78 is 19.9. The van der Waals surface area contributed by atoms with Gasteiger partial charge in [0.15, 0.2) is 6.61 Å². The van der Waals surface area contributed by atoms with Gasteiger partial charge >= 0.3 is 0 Å². The van der Waals surface area contributed by atoms with Crippen LogP contribution in [0.2, 0.25) is 0 Å². The van der Waals surface area contributed by atoms with Crippen molar-refractivity contribution in [2.75, 3.05) is 6.61 Å². The first kappa shape index (κ1) is 23.1. The van der Waals surface area contributed by atoms with Crippen LogP contribution in [-0.4, -0.2) is 35.4 Å². The number of carbonyl (C=O) groups is 2. The molecule has 0 aliphatic heterocycles. The quantitative estimate of drug-likeness (QED) is 0.514. The van der Waals surface area contributed by atoms with E-state index in [0.29, 0.717) is 5.75 Å². The number of nitrogens with one attached hydrogen (secondary N) is 1. The van der Waals surface area contributed by atoms with E-state index in [2.05, 4.69) is 27.9 Å². The fourth-order valence-electron chi connectivity index (χ4n) is 2.59. The summed E-state index contributed by atoms with van der Waals surface area (Å²) in [4.78, 5) is 27.0. The van der Waals surface area contributed by atoms with Crippen LogP contribution in [0, 0.1) is 9.39 Å². The van der Waals surface area contributed by atoms with Crippen LogP contribution in [0.5, 0.6) is 5.75 Å². The van der Waals surface area contributed by atoms with Crippen molar-refractivity contribution in [3.05, 3.63) is 63.5 Å². The Bertz CT molecular complexity index is 812. The van der Waals surface area contributed by atoms with Gasteiger partial charge in [-0.2, -0.15) is 0 Å². The lowest BCUT2D eigenvalue weighted by atomic mass is 10.1. The third-order valence-electron chi connectivity index (χ3n) is 4.61. The lowest BCUT2D eigenvalue weighted by Crippen LogP contribution is -2.50. The van der Waals surface area contributed by atoms with Crippen molar-refractivity contribution in [1.82, 2.24) is 10.2 Å². The van der Waals surface area contributed by atoms with Gasteiger partial charge in [0.25, 0.3) is 5.91 Å². The van der Waals surface area contributed by atoms with Gasteiger partial charge in [0.05, 0.1) is 0 Å². The molecule has 0 radical (unpaired) electrons. The van der Waals surface area contributed by atoms with E-state index in [1.807, 2.05) is 26.0 Å². The van der Waals surface area contributed by atoms with Gasteiger partial charge in [-0.1, -0.05) is 19.1 Å². The van der Waals surface area contributed by atoms with Gasteiger partial charge < -0.3 is 15.0 Å². The summed E-state index contributed by atoms with van der Waals surface area (Å²) >= 11 is 2.19. The second-order valence-corrected chi connectivity index (χ2v) is 8.13. The van der Waals surface area contributed by atoms with Gasteiger partial charge in [0.1, 0.15) is 17.6 Å². The molecule has 5 nitrogen and oxygen atoms in total. The van der Waals surface area contributed by atoms with E-state index in [-0.39, 0.29) is 36.8 Å². The van der Waals surface area contributed by atoms with Crippen molar-refractivity contribution >= 4 is 34.4 Å². The molecule has 2 unspecified atom stereocenters. The summed E-state index contributed by atoms with van der Waals surface area (Å²) in [5.74, 6) is -0.322. The molecule has 1 N–H and O–H groups in total. The molecular weight excluding hydrogens is 486 g/mol. The number of hydrogen-bond donors (Lipinski definition) is 1. The molecule has 0 fully saturated rings. The highest BCUT2D eigenvalue weighted by Gasteiger charge is 2.27. The number of nitrogens with zero attached hydrogens (tertiary/aromatic N) is 1. The van der Waals surface area contributed by atoms with Gasteiger partial charge in [-0.15, -0.1) is 0 Å². The summed E-state index contributed by atoms with van der Waals surface area (Å²) in [5.41, 5.74) is 0.734. The number of halogens is 2. The Hall–Kier alpha value is -2.16. The summed E-state index contributed by atoms with van der Waals surface area (Å²) in [7, 11) is 0. The fraction of sp³-hybridized carbons (Fsp3) is 0.364. The van der Waals surface area contributed by atoms with Crippen LogP contribution in [0.25, 0.3) is 0 Å². The van der Waals surface area contributed by atoms with Crippen molar-refractivity contribution in [2.45, 2.75) is 45.8 Å². The summed E-state index contributed by atoms with van der Waals surface area (Å²) in [6.45, 7) is 5.57. The topological polar surface area (TPSA) is 58.6 Å². The second-order valence-electron chi connectivity index (χ2n) is 6.88. The maximum Gasteiger partial charge on any atom is 0.261 e. The van der Waals surface area contributed by atoms with Gasteiger partial charge in [-0.05, 0) is 84.8 Å². The Morgan fingerprint density at radius 2 is 1.72 bits per heavy atom. The molecule has 0 aliphatic rings. The number of carbonyl (C=O) groups excluding carboxylic acids is 2. The molecule has 0 aliphatic carbocycles. The Morgan fingerprint density at radius 1 is 1.10 bits per heavy atom. The maximum atomic E-state index is 13.2. The smallest absolute Gasteiger partial charge is 0.261 e. The van der Waals surface area contributed by atoms with Gasteiger partial charge in [-0.3, -0.25) is 9.59 Å². The van der Waals surface area contributed by atoms with Crippen LogP contribution in [0.3, 0.4) is 0 Å². The van der Waals surface area contributed by atoms with Crippen LogP contribution >= 0.6 is 22.6 Å². The zero-order valence-corrected chi connectivity index (χ0v) is 19.0. The molecule has 2 aromatic rings. The predicted octanol–water partition coefficient (Wildman–Crippen LogP) is 4.14. The normalized spacial score (nSPS) is 12.7. The highest BCUT2D eigenvalue weighted by molar-refractivity contribution is 14.1. The summed E-state index contributed by atoms with van der Waals surface area (Å²) in [6, 6.07) is 12.6. The average Bonchev–Trinajstić information content (AvgIpc) is 2.72. The standard InChI is InChI=1S/C22H26FIN2O3/c1-4-15(2)25-22(28)16(3)26(13-17-5-7-18(23)8-6-17)21(27)14-29-20-11-9-19(24)10-12-20/h5-12,15-16H,4,13-14H2,1-3H3,(H,25,28). The van der Waals surface area contributed by atoms with Crippen LogP contribution in [-0.2, 0) is 16.1 Å². The van der Waals surface area contributed by atoms with Gasteiger partial charge in [0.2, 0.25) is 5.91 Å². The maximum absolute atomic E-state index is 13.2. The second kappa shape index (κ2) is 11.1. The number of rotatable bonds is 9. The van der Waals surface area contributed by atoms with E-state index in [9.17, 15) is 14.0 Å². The van der Waals surface area contributed by atoms with Crippen molar-refractivity contribution < 1.29 is 18.7 Å². The van der Waals surface area contributed by atoms with Crippen LogP contribution in [0.1, 0.15) is 32.8 Å². The first-order valence-electron chi connectivity index (χ1n) is 9.52. The van der Waals surface area contributed by atoms with E-state index >= 15 is 0 Å². The van der Waals surface area contributed by atoms with Gasteiger partial charge in [0, 0.05) is 16.2 Å². The Morgan fingerprint density at radius 3 is 2.31 bits per heavy atom. The van der Waals surface area contributed by atoms with Crippen LogP contribution in [0.4, 0.5) is 4.39 Å². The Labute approximate surface area is 184 Å². The predicted molar refractivity (Wildman–Crippen MR) is 119 cm³/mol. The molecule has 2 atom stereocenters. The first-order valence-corrected chi connectivity index (χ1v) is 10.6. The van der Waals surface area contributed by atoms with Crippen molar-refractivity contribution in [1.29, 1.82) is 0 Å². The molecule has 2 aromatic carbocycles. The van der Waals surface area contributed by atoms with E-state index in [4.69, 9.17) is 4.74 Å². The SMILES string of the molecule is CCC(C)NC(=O)C(C)N(Cc1ccc(F)cc1)C(=O)COc1ccc(I)cc1. The molecule has 156 valence electrons. The summed E-state index contributed by atoms with van der Waals surface area (Å²) in [5, 5.41) is 2.91. The highest BCUT2D eigenvalue weighted by atomic mass is 127. The Balaban J connectivity index is 2.13. The monoisotopic (exact) mass is 512 g/mol. The molecule has 0 saturated heterocycles. The molecule has 0 saturated carbocycles. The molecule has 0 spiro atoms. The third kappa shape index (κ3) is 7.30. The number of hydrogen-bond acceptors (Lipinski definition) is 3. The van der Waals surface area contributed by atoms with Crippen LogP contribution in [0.15, 0.2) is 48.5 Å². The van der Waals surface area contributed by atoms with Crippen molar-refractivity contribution in [2.24, 2.45) is 0 Å². The largest absolute Gasteiger partial charge is 0.484 e. The minimum Gasteiger partial charge on any atom is -0.484 e. The van der Waals surface area contributed by atoms with Crippen molar-refractivity contribution in [3.8, 4) is 5.75 Å². The Kier molecular flexibility index (Phi) is 8.88. The molecule has 0 bridgehead atoms. The molecule has 2 rings (SSSR count). The molecule has 29 heavy (non-hydrogen) atoms. The third-order valence-corrected chi connectivity index (χ3v) is 5.33. The minimum atomic E-state index is -0.693. The highest BCUT2D eigenvalue weighted by Crippen LogP contribution is 2.15. The number of amides is 2. The lowest BCUT2D eigenvalue weighted by Gasteiger charge is -2.29. The van der Waals surface area contributed by atoms with Gasteiger partial charge in [-0.25, -0.2) is 4.39 Å². The molecule has 2 amide bonds. The zero-order valence-electron chi connectivity index (χ0n) is 16.8. The number of benzene rings is 2. The van der Waals surface area contributed by atoms with E-state index in [1.165, 1.54) is 17.0 Å². The van der Waals surface area contributed by atoms with Crippen molar-refractivity contribution in [3.63, 3.8) is 0 Å².